The molecule has 1 amide bonds. The van der Waals surface area contributed by atoms with Crippen LogP contribution >= 0.6 is 0 Å². The number of ether oxygens (including phenoxy) is 4. The lowest BCUT2D eigenvalue weighted by molar-refractivity contribution is -0.154. The number of amides is 1. The number of aromatic nitrogens is 3. The lowest BCUT2D eigenvalue weighted by Crippen LogP contribution is -2.32. The number of esters is 1. The summed E-state index contributed by atoms with van der Waals surface area (Å²) in [7, 11) is 3.57. The van der Waals surface area contributed by atoms with Crippen LogP contribution in [0.1, 0.15) is 57.3 Å². The zero-order valence-electron chi connectivity index (χ0n) is 23.1. The molecule has 0 N–H and O–H groups in total. The molecule has 1 saturated heterocycles. The molecule has 0 spiro atoms. The van der Waals surface area contributed by atoms with Gasteiger partial charge in [-0.2, -0.15) is 5.10 Å². The first-order chi connectivity index (χ1) is 18.2. The van der Waals surface area contributed by atoms with Crippen molar-refractivity contribution in [1.29, 1.82) is 0 Å². The van der Waals surface area contributed by atoms with Gasteiger partial charge in [-0.3, -0.25) is 9.48 Å². The molecule has 2 fully saturated rings. The van der Waals surface area contributed by atoms with Crippen LogP contribution in [0.5, 0.6) is 5.75 Å². The van der Waals surface area contributed by atoms with Crippen molar-refractivity contribution in [3.05, 3.63) is 29.7 Å². The number of carbonyl (C=O) groups is 2. The Morgan fingerprint density at radius 1 is 1.24 bits per heavy atom. The molecule has 10 nitrogen and oxygen atoms in total. The van der Waals surface area contributed by atoms with Crippen molar-refractivity contribution >= 4 is 12.1 Å². The minimum absolute atomic E-state index is 0.0547. The zero-order chi connectivity index (χ0) is 27.2. The van der Waals surface area contributed by atoms with E-state index in [0.717, 1.165) is 54.9 Å². The highest BCUT2D eigenvalue weighted by molar-refractivity contribution is 5.72. The molecular formula is C28H40N4O6. The summed E-state index contributed by atoms with van der Waals surface area (Å²) in [6.45, 7) is 7.77. The van der Waals surface area contributed by atoms with Crippen LogP contribution in [0.25, 0.3) is 11.3 Å². The van der Waals surface area contributed by atoms with Crippen molar-refractivity contribution in [1.82, 2.24) is 19.7 Å². The highest BCUT2D eigenvalue weighted by Gasteiger charge is 2.30. The van der Waals surface area contributed by atoms with E-state index < -0.39 is 0 Å². The number of nitrogens with zero attached hydrogens (tertiary/aromatic N) is 4. The van der Waals surface area contributed by atoms with Gasteiger partial charge in [0.25, 0.3) is 0 Å². The normalized spacial score (nSPS) is 21.4. The fourth-order valence-corrected chi connectivity index (χ4v) is 5.07. The molecule has 0 bridgehead atoms. The smallest absolute Gasteiger partial charge is 0.409 e. The molecule has 3 heterocycles. The van der Waals surface area contributed by atoms with E-state index in [4.69, 9.17) is 23.9 Å². The summed E-state index contributed by atoms with van der Waals surface area (Å²) in [6, 6.07) is 3.80. The third kappa shape index (κ3) is 7.03. The Bertz CT molecular complexity index is 1110. The van der Waals surface area contributed by atoms with Crippen molar-refractivity contribution < 1.29 is 28.5 Å². The molecule has 4 rings (SSSR count). The summed E-state index contributed by atoms with van der Waals surface area (Å²) in [5.41, 5.74) is 3.04. The minimum Gasteiger partial charge on any atom is -0.489 e. The molecule has 10 heteroatoms. The first kappa shape index (κ1) is 27.9. The van der Waals surface area contributed by atoms with E-state index in [0.29, 0.717) is 31.2 Å². The number of aryl methyl sites for hydroxylation is 2. The predicted octanol–water partition coefficient (Wildman–Crippen LogP) is 4.28. The monoisotopic (exact) mass is 528 g/mol. The van der Waals surface area contributed by atoms with Crippen LogP contribution in [0.15, 0.2) is 18.3 Å². The molecule has 1 aliphatic heterocycles. The van der Waals surface area contributed by atoms with Crippen molar-refractivity contribution in [3.8, 4) is 17.0 Å². The van der Waals surface area contributed by atoms with Gasteiger partial charge in [-0.1, -0.05) is 0 Å². The number of pyridine rings is 1. The van der Waals surface area contributed by atoms with Gasteiger partial charge in [-0.25, -0.2) is 9.78 Å². The van der Waals surface area contributed by atoms with Gasteiger partial charge < -0.3 is 23.8 Å². The Labute approximate surface area is 224 Å². The van der Waals surface area contributed by atoms with Gasteiger partial charge in [0.15, 0.2) is 0 Å². The molecule has 0 aromatic carbocycles. The molecule has 2 aromatic rings. The summed E-state index contributed by atoms with van der Waals surface area (Å²) in [6.07, 6.45) is 5.45. The molecule has 3 atom stereocenters. The van der Waals surface area contributed by atoms with E-state index >= 15 is 0 Å². The lowest BCUT2D eigenvalue weighted by Gasteiger charge is -2.29. The number of hydrogen-bond donors (Lipinski definition) is 0. The van der Waals surface area contributed by atoms with Crippen LogP contribution in [0.2, 0.25) is 0 Å². The third-order valence-electron chi connectivity index (χ3n) is 7.18. The molecule has 1 saturated carbocycles. The summed E-state index contributed by atoms with van der Waals surface area (Å²) in [5.74, 6) is 0.782. The second-order valence-corrected chi connectivity index (χ2v) is 10.7. The Morgan fingerprint density at radius 3 is 2.76 bits per heavy atom. The minimum atomic E-state index is -0.375. The maximum absolute atomic E-state index is 12.6. The topological polar surface area (TPSA) is 105 Å². The third-order valence-corrected chi connectivity index (χ3v) is 7.18. The maximum atomic E-state index is 12.6. The summed E-state index contributed by atoms with van der Waals surface area (Å²) in [4.78, 5) is 31.3. The van der Waals surface area contributed by atoms with Gasteiger partial charge in [0, 0.05) is 38.7 Å². The lowest BCUT2D eigenvalue weighted by atomic mass is 9.87. The Morgan fingerprint density at radius 2 is 2.05 bits per heavy atom. The van der Waals surface area contributed by atoms with E-state index in [2.05, 4.69) is 5.10 Å². The average Bonchev–Trinajstić information content (AvgIpc) is 3.53. The van der Waals surface area contributed by atoms with Crippen LogP contribution in [-0.2, 0) is 32.7 Å². The molecule has 208 valence electrons. The van der Waals surface area contributed by atoms with Crippen LogP contribution in [0.4, 0.5) is 4.79 Å². The van der Waals surface area contributed by atoms with Gasteiger partial charge in [0.2, 0.25) is 0 Å². The zero-order valence-corrected chi connectivity index (χ0v) is 23.1. The SMILES string of the molecule is Cc1nc(-c2cnn(C)c2COC(=O)N(C)CC2CCOC2)ccc1O[C@H]1CCC[C@H](C(=O)OC(C)C)C1. The van der Waals surface area contributed by atoms with Crippen LogP contribution in [0, 0.1) is 18.8 Å². The summed E-state index contributed by atoms with van der Waals surface area (Å²) < 4.78 is 24.4. The van der Waals surface area contributed by atoms with Crippen LogP contribution < -0.4 is 4.74 Å². The fraction of sp³-hybridized carbons (Fsp3) is 0.643. The van der Waals surface area contributed by atoms with Crippen molar-refractivity contribution in [2.75, 3.05) is 26.8 Å². The quantitative estimate of drug-likeness (QED) is 0.444. The Hall–Kier alpha value is -3.14. The van der Waals surface area contributed by atoms with Gasteiger partial charge in [0.1, 0.15) is 12.4 Å². The van der Waals surface area contributed by atoms with E-state index in [1.807, 2.05) is 40.0 Å². The van der Waals surface area contributed by atoms with Gasteiger partial charge in [0.05, 0.1) is 48.0 Å². The Balaban J connectivity index is 1.38. The largest absolute Gasteiger partial charge is 0.489 e. The molecule has 2 aliphatic rings. The number of carbonyl (C=O) groups excluding carboxylic acids is 2. The van der Waals surface area contributed by atoms with Crippen LogP contribution in [0.3, 0.4) is 0 Å². The fourth-order valence-electron chi connectivity index (χ4n) is 5.07. The van der Waals surface area contributed by atoms with Gasteiger partial charge >= 0.3 is 12.1 Å². The highest BCUT2D eigenvalue weighted by atomic mass is 16.6. The van der Waals surface area contributed by atoms with E-state index in [1.165, 1.54) is 0 Å². The first-order valence-corrected chi connectivity index (χ1v) is 13.5. The van der Waals surface area contributed by atoms with E-state index in [1.54, 1.807) is 22.8 Å². The van der Waals surface area contributed by atoms with Crippen molar-refractivity contribution in [3.63, 3.8) is 0 Å². The van der Waals surface area contributed by atoms with Gasteiger partial charge in [-0.05, 0) is 65.0 Å². The Kier molecular flexibility index (Phi) is 9.25. The predicted molar refractivity (Wildman–Crippen MR) is 141 cm³/mol. The first-order valence-electron chi connectivity index (χ1n) is 13.5. The summed E-state index contributed by atoms with van der Waals surface area (Å²) >= 11 is 0. The van der Waals surface area contributed by atoms with Gasteiger partial charge in [-0.15, -0.1) is 0 Å². The molecule has 1 unspecified atom stereocenters. The molecule has 0 radical (unpaired) electrons. The number of hydrogen-bond acceptors (Lipinski definition) is 8. The second kappa shape index (κ2) is 12.6. The molecule has 2 aromatic heterocycles. The van der Waals surface area contributed by atoms with Crippen molar-refractivity contribution in [2.45, 2.75) is 71.7 Å². The highest BCUT2D eigenvalue weighted by Crippen LogP contribution is 2.31. The standard InChI is InChI=1S/C28H40N4O6/c1-18(2)37-27(33)21-7-6-8-22(13-21)38-26-10-9-24(30-19(26)3)23-14-29-32(5)25(23)17-36-28(34)31(4)15-20-11-12-35-16-20/h9-10,14,18,20-22H,6-8,11-13,15-17H2,1-5H3/t20?,21-,22-/m0/s1. The number of rotatable bonds is 9. The van der Waals surface area contributed by atoms with Crippen molar-refractivity contribution in [2.24, 2.45) is 18.9 Å². The molecule has 38 heavy (non-hydrogen) atoms. The van der Waals surface area contributed by atoms with E-state index in [-0.39, 0.29) is 36.8 Å². The average molecular weight is 529 g/mol. The molecule has 1 aliphatic carbocycles. The van der Waals surface area contributed by atoms with Crippen LogP contribution in [-0.4, -0.2) is 70.7 Å². The molecular weight excluding hydrogens is 488 g/mol. The van der Waals surface area contributed by atoms with E-state index in [9.17, 15) is 9.59 Å². The maximum Gasteiger partial charge on any atom is 0.409 e. The summed E-state index contributed by atoms with van der Waals surface area (Å²) in [5, 5.41) is 4.37. The second-order valence-electron chi connectivity index (χ2n) is 10.7.